The van der Waals surface area contributed by atoms with Gasteiger partial charge in [-0.05, 0) is 29.0 Å². The third-order valence-corrected chi connectivity index (χ3v) is 5.96. The van der Waals surface area contributed by atoms with Crippen molar-refractivity contribution in [1.82, 2.24) is 20.4 Å². The summed E-state index contributed by atoms with van der Waals surface area (Å²) in [6, 6.07) is 12.6. The minimum atomic E-state index is 0.0662. The van der Waals surface area contributed by atoms with E-state index in [-0.39, 0.29) is 11.9 Å². The predicted octanol–water partition coefficient (Wildman–Crippen LogP) is 3.47. The van der Waals surface area contributed by atoms with Crippen molar-refractivity contribution >= 4 is 17.2 Å². The number of hydrogen-bond donors (Lipinski definition) is 1. The average Bonchev–Trinajstić information content (AvgIpc) is 3.44. The van der Waals surface area contributed by atoms with Crippen LogP contribution in [0.2, 0.25) is 0 Å². The van der Waals surface area contributed by atoms with Crippen LogP contribution in [0.25, 0.3) is 10.7 Å². The van der Waals surface area contributed by atoms with Gasteiger partial charge in [0.25, 0.3) is 0 Å². The third kappa shape index (κ3) is 4.15. The molecular weight excluding hydrogens is 372 g/mol. The van der Waals surface area contributed by atoms with E-state index in [9.17, 15) is 4.79 Å². The molecule has 4 rings (SSSR count). The number of aryl methyl sites for hydroxylation is 2. The van der Waals surface area contributed by atoms with Gasteiger partial charge in [0.2, 0.25) is 17.6 Å². The summed E-state index contributed by atoms with van der Waals surface area (Å²) >= 11 is 1.57. The van der Waals surface area contributed by atoms with Crippen molar-refractivity contribution < 1.29 is 9.32 Å². The highest BCUT2D eigenvalue weighted by Gasteiger charge is 2.28. The highest BCUT2D eigenvalue weighted by atomic mass is 32.1. The first-order valence-electron chi connectivity index (χ1n) is 9.70. The number of carbonyl (C=O) groups excluding carboxylic acids is 1. The van der Waals surface area contributed by atoms with Crippen LogP contribution in [0.4, 0.5) is 0 Å². The van der Waals surface area contributed by atoms with Gasteiger partial charge in [-0.15, -0.1) is 11.3 Å². The number of carbonyl (C=O) groups is 1. The Kier molecular flexibility index (Phi) is 5.83. The molecule has 0 saturated carbocycles. The molecule has 1 fully saturated rings. The summed E-state index contributed by atoms with van der Waals surface area (Å²) in [5, 5.41) is 9.40. The molecule has 1 aromatic carbocycles. The molecule has 1 aliphatic heterocycles. The second-order valence-electron chi connectivity index (χ2n) is 6.89. The Morgan fingerprint density at radius 1 is 1.32 bits per heavy atom. The van der Waals surface area contributed by atoms with E-state index in [1.165, 1.54) is 11.1 Å². The first kappa shape index (κ1) is 18.8. The Morgan fingerprint density at radius 2 is 2.18 bits per heavy atom. The molecule has 1 aliphatic rings. The molecule has 28 heavy (non-hydrogen) atoms. The standard InChI is InChI=1S/C21H24N4O2S/c1-2-15-5-7-16(8-6-15)17-14-22-11-12-25(17)20(26)10-9-19-23-21(24-27-19)18-4-3-13-28-18/h3-8,13,17,22H,2,9-12,14H2,1H3. The number of thiophene rings is 1. The topological polar surface area (TPSA) is 71.3 Å². The van der Waals surface area contributed by atoms with Crippen molar-refractivity contribution in [3.63, 3.8) is 0 Å². The summed E-state index contributed by atoms with van der Waals surface area (Å²) in [6.45, 7) is 4.45. The van der Waals surface area contributed by atoms with Crippen LogP contribution in [0.1, 0.15) is 36.4 Å². The van der Waals surface area contributed by atoms with E-state index in [0.717, 1.165) is 24.4 Å². The molecule has 6 nitrogen and oxygen atoms in total. The molecule has 3 heterocycles. The Labute approximate surface area is 168 Å². The van der Waals surface area contributed by atoms with Gasteiger partial charge in [-0.1, -0.05) is 42.4 Å². The SMILES string of the molecule is CCc1ccc(C2CNCCN2C(=O)CCc2nc(-c3cccs3)no2)cc1. The largest absolute Gasteiger partial charge is 0.339 e. The number of nitrogens with zero attached hydrogens (tertiary/aromatic N) is 3. The first-order valence-corrected chi connectivity index (χ1v) is 10.6. The minimum Gasteiger partial charge on any atom is -0.339 e. The van der Waals surface area contributed by atoms with Crippen molar-refractivity contribution in [1.29, 1.82) is 0 Å². The van der Waals surface area contributed by atoms with Gasteiger partial charge in [-0.3, -0.25) is 4.79 Å². The van der Waals surface area contributed by atoms with Crippen molar-refractivity contribution in [3.8, 4) is 10.7 Å². The van der Waals surface area contributed by atoms with Gasteiger partial charge in [0.15, 0.2) is 0 Å². The molecule has 0 aliphatic carbocycles. The molecule has 1 unspecified atom stereocenters. The van der Waals surface area contributed by atoms with E-state index in [1.807, 2.05) is 22.4 Å². The Morgan fingerprint density at radius 3 is 2.93 bits per heavy atom. The Balaban J connectivity index is 1.40. The lowest BCUT2D eigenvalue weighted by Crippen LogP contribution is -2.48. The summed E-state index contributed by atoms with van der Waals surface area (Å²) < 4.78 is 5.33. The second kappa shape index (κ2) is 8.67. The summed E-state index contributed by atoms with van der Waals surface area (Å²) in [5.41, 5.74) is 2.49. The van der Waals surface area contributed by atoms with Crippen LogP contribution in [0, 0.1) is 0 Å². The molecular formula is C21H24N4O2S. The molecule has 1 amide bonds. The van der Waals surface area contributed by atoms with Gasteiger partial charge in [0.05, 0.1) is 10.9 Å². The van der Waals surface area contributed by atoms with Crippen LogP contribution in [0.5, 0.6) is 0 Å². The van der Waals surface area contributed by atoms with Gasteiger partial charge < -0.3 is 14.7 Å². The number of benzene rings is 1. The van der Waals surface area contributed by atoms with Gasteiger partial charge in [0, 0.05) is 32.5 Å². The van der Waals surface area contributed by atoms with E-state index >= 15 is 0 Å². The van der Waals surface area contributed by atoms with Crippen molar-refractivity contribution in [2.24, 2.45) is 0 Å². The lowest BCUT2D eigenvalue weighted by Gasteiger charge is -2.36. The Hall–Kier alpha value is -2.51. The van der Waals surface area contributed by atoms with E-state index in [0.29, 0.717) is 31.1 Å². The van der Waals surface area contributed by atoms with Crippen molar-refractivity contribution in [3.05, 3.63) is 58.8 Å². The summed E-state index contributed by atoms with van der Waals surface area (Å²) in [6.07, 6.45) is 1.85. The zero-order valence-corrected chi connectivity index (χ0v) is 16.7. The number of hydrogen-bond acceptors (Lipinski definition) is 6. The fraction of sp³-hybridized carbons (Fsp3) is 0.381. The van der Waals surface area contributed by atoms with Crippen LogP contribution in [-0.2, 0) is 17.6 Å². The van der Waals surface area contributed by atoms with E-state index in [2.05, 4.69) is 46.6 Å². The monoisotopic (exact) mass is 396 g/mol. The summed E-state index contributed by atoms with van der Waals surface area (Å²) in [4.78, 5) is 20.3. The maximum atomic E-state index is 12.9. The molecule has 0 bridgehead atoms. The quantitative estimate of drug-likeness (QED) is 0.691. The lowest BCUT2D eigenvalue weighted by atomic mass is 10.0. The highest BCUT2D eigenvalue weighted by molar-refractivity contribution is 7.13. The Bertz CT molecular complexity index is 905. The molecule has 7 heteroatoms. The molecule has 1 N–H and O–H groups in total. The van der Waals surface area contributed by atoms with Crippen LogP contribution in [0.3, 0.4) is 0 Å². The van der Waals surface area contributed by atoms with E-state index in [4.69, 9.17) is 4.52 Å². The number of piperazine rings is 1. The van der Waals surface area contributed by atoms with Crippen molar-refractivity contribution in [2.75, 3.05) is 19.6 Å². The predicted molar refractivity (Wildman–Crippen MR) is 109 cm³/mol. The zero-order chi connectivity index (χ0) is 19.3. The van der Waals surface area contributed by atoms with Crippen LogP contribution >= 0.6 is 11.3 Å². The second-order valence-corrected chi connectivity index (χ2v) is 7.84. The molecule has 146 valence electrons. The van der Waals surface area contributed by atoms with Crippen LogP contribution < -0.4 is 5.32 Å². The van der Waals surface area contributed by atoms with Crippen molar-refractivity contribution in [2.45, 2.75) is 32.2 Å². The maximum Gasteiger partial charge on any atom is 0.227 e. The molecule has 0 spiro atoms. The first-order chi connectivity index (χ1) is 13.7. The maximum absolute atomic E-state index is 12.9. The number of nitrogens with one attached hydrogen (secondary N) is 1. The van der Waals surface area contributed by atoms with Crippen LogP contribution in [-0.4, -0.2) is 40.6 Å². The number of rotatable bonds is 6. The average molecular weight is 397 g/mol. The normalized spacial score (nSPS) is 17.0. The lowest BCUT2D eigenvalue weighted by molar-refractivity contribution is -0.134. The van der Waals surface area contributed by atoms with E-state index < -0.39 is 0 Å². The molecule has 3 aromatic rings. The molecule has 1 atom stereocenters. The highest BCUT2D eigenvalue weighted by Crippen LogP contribution is 2.25. The zero-order valence-electron chi connectivity index (χ0n) is 15.9. The smallest absolute Gasteiger partial charge is 0.227 e. The van der Waals surface area contributed by atoms with Gasteiger partial charge in [-0.2, -0.15) is 4.98 Å². The van der Waals surface area contributed by atoms with Crippen LogP contribution in [0.15, 0.2) is 46.3 Å². The van der Waals surface area contributed by atoms with Gasteiger partial charge >= 0.3 is 0 Å². The summed E-state index contributed by atoms with van der Waals surface area (Å²) in [5.74, 6) is 1.23. The molecule has 1 saturated heterocycles. The minimum absolute atomic E-state index is 0.0662. The fourth-order valence-corrected chi connectivity index (χ4v) is 4.15. The fourth-order valence-electron chi connectivity index (χ4n) is 3.50. The number of amides is 1. The summed E-state index contributed by atoms with van der Waals surface area (Å²) in [7, 11) is 0. The van der Waals surface area contributed by atoms with Gasteiger partial charge in [-0.25, -0.2) is 0 Å². The molecule has 2 aromatic heterocycles. The number of aromatic nitrogens is 2. The van der Waals surface area contributed by atoms with Gasteiger partial charge in [0.1, 0.15) is 0 Å². The molecule has 0 radical (unpaired) electrons. The third-order valence-electron chi connectivity index (χ3n) is 5.10. The van der Waals surface area contributed by atoms with E-state index in [1.54, 1.807) is 11.3 Å².